The van der Waals surface area contributed by atoms with E-state index in [-0.39, 0.29) is 24.6 Å². The van der Waals surface area contributed by atoms with Crippen molar-refractivity contribution in [3.63, 3.8) is 0 Å². The molecule has 0 saturated carbocycles. The number of amides is 1. The molecule has 0 saturated heterocycles. The first-order valence-corrected chi connectivity index (χ1v) is 11.3. The van der Waals surface area contributed by atoms with Gasteiger partial charge in [-0.2, -0.15) is 0 Å². The number of alkyl halides is 1. The van der Waals surface area contributed by atoms with Gasteiger partial charge in [0.2, 0.25) is 0 Å². The number of nitrogens with zero attached hydrogens (tertiary/aromatic N) is 3. The van der Waals surface area contributed by atoms with Gasteiger partial charge in [0.25, 0.3) is 5.91 Å². The quantitative estimate of drug-likeness (QED) is 0.583. The second kappa shape index (κ2) is 9.40. The largest absolute Gasteiger partial charge is 0.366 e. The first kappa shape index (κ1) is 23.7. The fraction of sp³-hybridized carbons (Fsp3) is 0.370. The number of imidazole rings is 1. The van der Waals surface area contributed by atoms with Gasteiger partial charge < -0.3 is 14.6 Å². The SMILES string of the molecule is COC(C)(C)C#Cc1cc(C)nc(C(=O)NC(c2ccc(C)cc2)c2ncn3c2C[C@@H](F)C3)c1. The molecule has 1 aromatic carbocycles. The van der Waals surface area contributed by atoms with Gasteiger partial charge in [-0.15, -0.1) is 0 Å². The lowest BCUT2D eigenvalue weighted by Gasteiger charge is -2.19. The molecule has 0 fully saturated rings. The first-order chi connectivity index (χ1) is 16.1. The van der Waals surface area contributed by atoms with Crippen molar-refractivity contribution in [2.24, 2.45) is 0 Å². The number of halogens is 1. The fourth-order valence-corrected chi connectivity index (χ4v) is 3.94. The molecule has 6 nitrogen and oxygen atoms in total. The molecule has 1 N–H and O–H groups in total. The summed E-state index contributed by atoms with van der Waals surface area (Å²) in [5.74, 6) is 5.79. The normalized spacial score (nSPS) is 15.9. The monoisotopic (exact) mass is 460 g/mol. The van der Waals surface area contributed by atoms with Crippen molar-refractivity contribution in [3.8, 4) is 11.8 Å². The van der Waals surface area contributed by atoms with E-state index in [4.69, 9.17) is 4.74 Å². The van der Waals surface area contributed by atoms with E-state index in [2.05, 4.69) is 27.1 Å². The summed E-state index contributed by atoms with van der Waals surface area (Å²) in [6.07, 6.45) is 0.987. The number of benzene rings is 1. The highest BCUT2D eigenvalue weighted by Gasteiger charge is 2.30. The Labute approximate surface area is 199 Å². The molecule has 2 atom stereocenters. The van der Waals surface area contributed by atoms with E-state index in [1.807, 2.05) is 62.6 Å². The maximum Gasteiger partial charge on any atom is 0.270 e. The minimum absolute atomic E-state index is 0.260. The zero-order valence-electron chi connectivity index (χ0n) is 20.1. The number of methoxy groups -OCH3 is 1. The van der Waals surface area contributed by atoms with Crippen LogP contribution in [0.2, 0.25) is 0 Å². The Morgan fingerprint density at radius 3 is 2.71 bits per heavy atom. The van der Waals surface area contributed by atoms with Crippen LogP contribution in [-0.2, 0) is 17.7 Å². The molecular formula is C27H29FN4O2. The second-order valence-corrected chi connectivity index (χ2v) is 9.19. The summed E-state index contributed by atoms with van der Waals surface area (Å²) in [6, 6.07) is 10.9. The smallest absolute Gasteiger partial charge is 0.270 e. The number of aromatic nitrogens is 3. The van der Waals surface area contributed by atoms with E-state index in [1.165, 1.54) is 0 Å². The molecule has 0 aliphatic carbocycles. The molecule has 3 heterocycles. The summed E-state index contributed by atoms with van der Waals surface area (Å²) in [4.78, 5) is 22.3. The number of rotatable bonds is 5. The van der Waals surface area contributed by atoms with Gasteiger partial charge in [-0.25, -0.2) is 14.4 Å². The van der Waals surface area contributed by atoms with Crippen LogP contribution in [0.5, 0.6) is 0 Å². The Bertz CT molecular complexity index is 1270. The number of ether oxygens (including phenoxy) is 1. The van der Waals surface area contributed by atoms with Crippen LogP contribution < -0.4 is 5.32 Å². The van der Waals surface area contributed by atoms with Crippen LogP contribution in [-0.4, -0.2) is 39.3 Å². The molecular weight excluding hydrogens is 431 g/mol. The van der Waals surface area contributed by atoms with Crippen molar-refractivity contribution in [2.75, 3.05) is 7.11 Å². The van der Waals surface area contributed by atoms with Crippen LogP contribution in [0.25, 0.3) is 0 Å². The van der Waals surface area contributed by atoms with E-state index < -0.39 is 17.8 Å². The Balaban J connectivity index is 1.68. The summed E-state index contributed by atoms with van der Waals surface area (Å²) >= 11 is 0. The fourth-order valence-electron chi connectivity index (χ4n) is 3.94. The van der Waals surface area contributed by atoms with E-state index in [0.29, 0.717) is 17.0 Å². The molecule has 1 aliphatic heterocycles. The second-order valence-electron chi connectivity index (χ2n) is 9.19. The molecule has 1 amide bonds. The molecule has 7 heteroatoms. The van der Waals surface area contributed by atoms with E-state index in [9.17, 15) is 9.18 Å². The van der Waals surface area contributed by atoms with Crippen LogP contribution in [0.1, 0.15) is 64.1 Å². The molecule has 0 radical (unpaired) electrons. The summed E-state index contributed by atoms with van der Waals surface area (Å²) in [5, 5.41) is 3.08. The zero-order valence-corrected chi connectivity index (χ0v) is 20.1. The van der Waals surface area contributed by atoms with Crippen molar-refractivity contribution in [3.05, 3.63) is 82.2 Å². The van der Waals surface area contributed by atoms with Gasteiger partial charge in [-0.05, 0) is 45.4 Å². The maximum atomic E-state index is 14.1. The Morgan fingerprint density at radius 1 is 1.26 bits per heavy atom. The summed E-state index contributed by atoms with van der Waals surface area (Å²) in [7, 11) is 1.61. The molecule has 3 aromatic rings. The summed E-state index contributed by atoms with van der Waals surface area (Å²) in [6.45, 7) is 7.86. The Kier molecular flexibility index (Phi) is 6.54. The number of carbonyl (C=O) groups excluding carboxylic acids is 1. The number of aryl methyl sites for hydroxylation is 2. The van der Waals surface area contributed by atoms with E-state index in [0.717, 1.165) is 16.8 Å². The van der Waals surface area contributed by atoms with Crippen LogP contribution >= 0.6 is 0 Å². The van der Waals surface area contributed by atoms with Gasteiger partial charge in [0.1, 0.15) is 17.5 Å². The van der Waals surface area contributed by atoms with Crippen molar-refractivity contribution in [1.29, 1.82) is 0 Å². The lowest BCUT2D eigenvalue weighted by Crippen LogP contribution is -2.31. The van der Waals surface area contributed by atoms with Gasteiger partial charge in [0.05, 0.1) is 24.6 Å². The Hall–Kier alpha value is -3.50. The highest BCUT2D eigenvalue weighted by Crippen LogP contribution is 2.29. The molecule has 0 spiro atoms. The number of nitrogens with one attached hydrogen (secondary N) is 1. The lowest BCUT2D eigenvalue weighted by atomic mass is 9.99. The van der Waals surface area contributed by atoms with Crippen LogP contribution in [0.4, 0.5) is 4.39 Å². The van der Waals surface area contributed by atoms with Crippen molar-refractivity contribution < 1.29 is 13.9 Å². The predicted octanol–water partition coefficient (Wildman–Crippen LogP) is 4.09. The standard InChI is InChI=1S/C27H29FN4O2/c1-17-6-8-20(9-7-17)24(25-23-14-21(28)15-32(23)16-29-25)31-26(33)22-13-19(12-18(2)30-22)10-11-27(3,4)34-5/h6-9,12-13,16,21,24H,14-15H2,1-5H3,(H,31,33)/t21-,24?/m1/s1. The van der Waals surface area contributed by atoms with Crippen molar-refractivity contribution in [2.45, 2.75) is 58.5 Å². The van der Waals surface area contributed by atoms with E-state index >= 15 is 0 Å². The summed E-state index contributed by atoms with van der Waals surface area (Å²) < 4.78 is 21.3. The topological polar surface area (TPSA) is 69.0 Å². The number of pyridine rings is 1. The molecule has 2 aromatic heterocycles. The van der Waals surface area contributed by atoms with Gasteiger partial charge in [0.15, 0.2) is 0 Å². The number of hydrogen-bond donors (Lipinski definition) is 1. The van der Waals surface area contributed by atoms with Crippen molar-refractivity contribution in [1.82, 2.24) is 19.9 Å². The number of carbonyl (C=O) groups is 1. The lowest BCUT2D eigenvalue weighted by molar-refractivity contribution is 0.0741. The highest BCUT2D eigenvalue weighted by atomic mass is 19.1. The third-order valence-electron chi connectivity index (χ3n) is 5.95. The predicted molar refractivity (Wildman–Crippen MR) is 128 cm³/mol. The van der Waals surface area contributed by atoms with E-state index in [1.54, 1.807) is 19.5 Å². The molecule has 176 valence electrons. The minimum Gasteiger partial charge on any atom is -0.366 e. The average Bonchev–Trinajstić information content (AvgIpc) is 3.35. The maximum absolute atomic E-state index is 14.1. The van der Waals surface area contributed by atoms with Gasteiger partial charge in [-0.1, -0.05) is 41.7 Å². The molecule has 34 heavy (non-hydrogen) atoms. The summed E-state index contributed by atoms with van der Waals surface area (Å²) in [5.41, 5.74) is 4.46. The minimum atomic E-state index is -0.943. The van der Waals surface area contributed by atoms with Crippen LogP contribution in [0.15, 0.2) is 42.7 Å². The third kappa shape index (κ3) is 5.18. The Morgan fingerprint density at radius 2 is 2.00 bits per heavy atom. The molecule has 1 unspecified atom stereocenters. The van der Waals surface area contributed by atoms with Crippen molar-refractivity contribution >= 4 is 5.91 Å². The first-order valence-electron chi connectivity index (χ1n) is 11.3. The van der Waals surface area contributed by atoms with Crippen LogP contribution in [0, 0.1) is 25.7 Å². The zero-order chi connectivity index (χ0) is 24.5. The number of fused-ring (bicyclic) bond motifs is 1. The third-order valence-corrected chi connectivity index (χ3v) is 5.95. The highest BCUT2D eigenvalue weighted by molar-refractivity contribution is 5.93. The molecule has 1 aliphatic rings. The van der Waals surface area contributed by atoms with Gasteiger partial charge in [0, 0.05) is 30.5 Å². The number of hydrogen-bond acceptors (Lipinski definition) is 4. The van der Waals surface area contributed by atoms with Crippen LogP contribution in [0.3, 0.4) is 0 Å². The van der Waals surface area contributed by atoms with Gasteiger partial charge in [-0.3, -0.25) is 4.79 Å². The molecule has 4 rings (SSSR count). The average molecular weight is 461 g/mol. The van der Waals surface area contributed by atoms with Gasteiger partial charge >= 0.3 is 0 Å². The molecule has 0 bridgehead atoms.